The average molecular weight is 330 g/mol. The normalized spacial score (nSPS) is 15.0. The molecule has 23 heavy (non-hydrogen) atoms. The second-order valence-corrected chi connectivity index (χ2v) is 6.76. The summed E-state index contributed by atoms with van der Waals surface area (Å²) in [6.07, 6.45) is 3.65. The monoisotopic (exact) mass is 330 g/mol. The van der Waals surface area contributed by atoms with E-state index in [1.165, 1.54) is 23.0 Å². The third-order valence-electron chi connectivity index (χ3n) is 4.10. The second-order valence-electron chi connectivity index (χ2n) is 5.82. The number of carbonyl (C=O) groups is 1. The molecule has 0 unspecified atom stereocenters. The lowest BCUT2D eigenvalue weighted by molar-refractivity contribution is -0.128. The molecule has 5 nitrogen and oxygen atoms in total. The summed E-state index contributed by atoms with van der Waals surface area (Å²) in [5.41, 5.74) is 2.52. The largest absolute Gasteiger partial charge is 0.368 e. The molecule has 6 heteroatoms. The number of amides is 1. The minimum Gasteiger partial charge on any atom is -0.368 e. The summed E-state index contributed by atoms with van der Waals surface area (Å²) < 4.78 is 1.94. The zero-order chi connectivity index (χ0) is 16.2. The Labute approximate surface area is 141 Å². The summed E-state index contributed by atoms with van der Waals surface area (Å²) in [4.78, 5) is 20.9. The van der Waals surface area contributed by atoms with Gasteiger partial charge >= 0.3 is 0 Å². The van der Waals surface area contributed by atoms with Crippen molar-refractivity contribution >= 4 is 23.4 Å². The smallest absolute Gasteiger partial charge is 0.233 e. The molecule has 3 rings (SSSR count). The number of aryl methyl sites for hydroxylation is 2. The summed E-state index contributed by atoms with van der Waals surface area (Å²) in [7, 11) is 1.94. The van der Waals surface area contributed by atoms with Gasteiger partial charge in [-0.2, -0.15) is 0 Å². The molecule has 2 heterocycles. The molecule has 0 aliphatic carbocycles. The number of rotatable bonds is 4. The van der Waals surface area contributed by atoms with Gasteiger partial charge < -0.3 is 14.4 Å². The molecule has 1 aliphatic heterocycles. The molecule has 0 atom stereocenters. The van der Waals surface area contributed by atoms with E-state index in [1.54, 1.807) is 6.20 Å². The van der Waals surface area contributed by atoms with Crippen LogP contribution in [0.5, 0.6) is 0 Å². The quantitative estimate of drug-likeness (QED) is 0.806. The number of aromatic nitrogens is 2. The van der Waals surface area contributed by atoms with Crippen LogP contribution in [0.4, 0.5) is 5.69 Å². The minimum atomic E-state index is 0.196. The number of thioether (sulfide) groups is 1. The predicted octanol–water partition coefficient (Wildman–Crippen LogP) is 2.17. The van der Waals surface area contributed by atoms with E-state index < -0.39 is 0 Å². The van der Waals surface area contributed by atoms with Gasteiger partial charge in [-0.1, -0.05) is 23.9 Å². The first kappa shape index (κ1) is 15.9. The van der Waals surface area contributed by atoms with Crippen LogP contribution in [0.2, 0.25) is 0 Å². The number of hydrogen-bond donors (Lipinski definition) is 0. The van der Waals surface area contributed by atoms with Gasteiger partial charge in [0.2, 0.25) is 5.91 Å². The van der Waals surface area contributed by atoms with Gasteiger partial charge in [0.1, 0.15) is 0 Å². The number of imidazole rings is 1. The predicted molar refractivity (Wildman–Crippen MR) is 93.9 cm³/mol. The number of carbonyl (C=O) groups excluding carboxylic acids is 1. The van der Waals surface area contributed by atoms with Gasteiger partial charge in [0.05, 0.1) is 5.75 Å². The third-order valence-corrected chi connectivity index (χ3v) is 5.14. The van der Waals surface area contributed by atoms with E-state index in [2.05, 4.69) is 41.1 Å². The molecule has 1 aromatic carbocycles. The highest BCUT2D eigenvalue weighted by molar-refractivity contribution is 7.99. The van der Waals surface area contributed by atoms with E-state index in [9.17, 15) is 4.79 Å². The van der Waals surface area contributed by atoms with E-state index in [0.29, 0.717) is 5.75 Å². The van der Waals surface area contributed by atoms with Gasteiger partial charge in [0.15, 0.2) is 5.16 Å². The van der Waals surface area contributed by atoms with Crippen molar-refractivity contribution in [3.05, 3.63) is 42.2 Å². The Morgan fingerprint density at radius 3 is 2.70 bits per heavy atom. The van der Waals surface area contributed by atoms with Crippen LogP contribution in [-0.2, 0) is 11.8 Å². The number of nitrogens with zero attached hydrogens (tertiary/aromatic N) is 4. The summed E-state index contributed by atoms with van der Waals surface area (Å²) in [6, 6.07) is 8.54. The topological polar surface area (TPSA) is 41.4 Å². The molecule has 0 radical (unpaired) electrons. The van der Waals surface area contributed by atoms with Gasteiger partial charge in [0.25, 0.3) is 0 Å². The maximum atomic E-state index is 12.4. The van der Waals surface area contributed by atoms with Gasteiger partial charge in [-0.15, -0.1) is 0 Å². The first-order valence-corrected chi connectivity index (χ1v) is 8.81. The molecular formula is C17H22N4OS. The van der Waals surface area contributed by atoms with Crippen molar-refractivity contribution in [1.29, 1.82) is 0 Å². The maximum Gasteiger partial charge on any atom is 0.233 e. The number of hydrogen-bond acceptors (Lipinski definition) is 4. The van der Waals surface area contributed by atoms with Crippen LogP contribution >= 0.6 is 11.8 Å². The molecular weight excluding hydrogens is 308 g/mol. The molecule has 122 valence electrons. The Balaban J connectivity index is 1.50. The molecule has 2 aromatic rings. The van der Waals surface area contributed by atoms with E-state index >= 15 is 0 Å². The molecule has 0 saturated carbocycles. The van der Waals surface area contributed by atoms with Crippen molar-refractivity contribution in [1.82, 2.24) is 14.5 Å². The lowest BCUT2D eigenvalue weighted by atomic mass is 10.2. The van der Waals surface area contributed by atoms with Crippen molar-refractivity contribution < 1.29 is 4.79 Å². The lowest BCUT2D eigenvalue weighted by Crippen LogP contribution is -2.49. The van der Waals surface area contributed by atoms with Crippen LogP contribution in [0, 0.1) is 6.92 Å². The van der Waals surface area contributed by atoms with Crippen LogP contribution in [0.15, 0.2) is 41.8 Å². The van der Waals surface area contributed by atoms with Gasteiger partial charge in [-0.25, -0.2) is 4.98 Å². The van der Waals surface area contributed by atoms with E-state index in [4.69, 9.17) is 0 Å². The fourth-order valence-corrected chi connectivity index (χ4v) is 3.58. The molecule has 0 bridgehead atoms. The molecule has 0 spiro atoms. The zero-order valence-corrected chi connectivity index (χ0v) is 14.4. The van der Waals surface area contributed by atoms with Crippen LogP contribution < -0.4 is 4.90 Å². The Morgan fingerprint density at radius 1 is 1.26 bits per heavy atom. The summed E-state index contributed by atoms with van der Waals surface area (Å²) >= 11 is 1.50. The van der Waals surface area contributed by atoms with Crippen molar-refractivity contribution in [2.24, 2.45) is 7.05 Å². The zero-order valence-electron chi connectivity index (χ0n) is 13.6. The minimum absolute atomic E-state index is 0.196. The molecule has 1 saturated heterocycles. The fourth-order valence-electron chi connectivity index (χ4n) is 2.75. The number of piperazine rings is 1. The molecule has 1 aromatic heterocycles. The fraction of sp³-hybridized carbons (Fsp3) is 0.412. The van der Waals surface area contributed by atoms with Gasteiger partial charge in [-0.3, -0.25) is 4.79 Å². The Morgan fingerprint density at radius 2 is 2.04 bits per heavy atom. The molecule has 1 aliphatic rings. The van der Waals surface area contributed by atoms with E-state index in [1.807, 2.05) is 22.7 Å². The van der Waals surface area contributed by atoms with Crippen molar-refractivity contribution in [2.45, 2.75) is 12.1 Å². The van der Waals surface area contributed by atoms with Crippen LogP contribution in [0.3, 0.4) is 0 Å². The summed E-state index contributed by atoms with van der Waals surface area (Å²) in [5, 5.41) is 0.886. The summed E-state index contributed by atoms with van der Waals surface area (Å²) in [5.74, 6) is 0.650. The maximum absolute atomic E-state index is 12.4. The third kappa shape index (κ3) is 3.88. The van der Waals surface area contributed by atoms with Crippen LogP contribution in [0.25, 0.3) is 0 Å². The Kier molecular flexibility index (Phi) is 4.91. The van der Waals surface area contributed by atoms with Crippen LogP contribution in [-0.4, -0.2) is 52.3 Å². The Hall–Kier alpha value is -1.95. The standard InChI is InChI=1S/C17H22N4OS/c1-14-4-3-5-15(12-14)20-8-10-21(11-9-20)16(22)13-23-17-18-6-7-19(17)2/h3-7,12H,8-11,13H2,1-2H3. The van der Waals surface area contributed by atoms with E-state index in [0.717, 1.165) is 31.3 Å². The van der Waals surface area contributed by atoms with Crippen molar-refractivity contribution in [3.63, 3.8) is 0 Å². The van der Waals surface area contributed by atoms with E-state index in [-0.39, 0.29) is 5.91 Å². The highest BCUT2D eigenvalue weighted by Crippen LogP contribution is 2.19. The number of anilines is 1. The summed E-state index contributed by atoms with van der Waals surface area (Å²) in [6.45, 7) is 5.46. The SMILES string of the molecule is Cc1cccc(N2CCN(C(=O)CSc3nccn3C)CC2)c1. The van der Waals surface area contributed by atoms with Gasteiger partial charge in [0, 0.05) is 51.3 Å². The Bertz CT molecular complexity index is 677. The highest BCUT2D eigenvalue weighted by atomic mass is 32.2. The molecule has 0 N–H and O–H groups in total. The van der Waals surface area contributed by atoms with Crippen molar-refractivity contribution in [2.75, 3.05) is 36.8 Å². The van der Waals surface area contributed by atoms with Gasteiger partial charge in [-0.05, 0) is 24.6 Å². The first-order chi connectivity index (χ1) is 11.1. The van der Waals surface area contributed by atoms with Crippen molar-refractivity contribution in [3.8, 4) is 0 Å². The second kappa shape index (κ2) is 7.08. The molecule has 1 amide bonds. The van der Waals surface area contributed by atoms with Crippen LogP contribution in [0.1, 0.15) is 5.56 Å². The average Bonchev–Trinajstić information content (AvgIpc) is 2.98. The number of benzene rings is 1. The highest BCUT2D eigenvalue weighted by Gasteiger charge is 2.21. The lowest BCUT2D eigenvalue weighted by Gasteiger charge is -2.36. The molecule has 1 fully saturated rings. The first-order valence-electron chi connectivity index (χ1n) is 7.83.